The quantitative estimate of drug-likeness (QED) is 0.723. The maximum atomic E-state index is 12.3. The summed E-state index contributed by atoms with van der Waals surface area (Å²) in [5.74, 6) is -0.0214. The standard InChI is InChI=1S/C15H22N2O3S/c1-3-15(4-2,9-18)17-14(20)11-7-8-12(21-11)16-13(19)10-5-6-10/h7-8,10,18H,3-6,9H2,1-2H3,(H,16,19)(H,17,20). The summed E-state index contributed by atoms with van der Waals surface area (Å²) in [7, 11) is 0. The molecule has 0 bridgehead atoms. The van der Waals surface area contributed by atoms with Gasteiger partial charge in [-0.3, -0.25) is 9.59 Å². The number of aliphatic hydroxyl groups is 1. The zero-order valence-electron chi connectivity index (χ0n) is 12.4. The number of hydrogen-bond acceptors (Lipinski definition) is 4. The normalized spacial score (nSPS) is 14.8. The maximum absolute atomic E-state index is 12.3. The lowest BCUT2D eigenvalue weighted by molar-refractivity contribution is -0.117. The number of aliphatic hydroxyl groups excluding tert-OH is 1. The van der Waals surface area contributed by atoms with Crippen molar-refractivity contribution in [1.29, 1.82) is 0 Å². The van der Waals surface area contributed by atoms with Gasteiger partial charge in [0, 0.05) is 5.92 Å². The molecular weight excluding hydrogens is 288 g/mol. The molecule has 0 atom stereocenters. The van der Waals surface area contributed by atoms with Gasteiger partial charge in [0.15, 0.2) is 0 Å². The number of amides is 2. The number of carbonyl (C=O) groups excluding carboxylic acids is 2. The van der Waals surface area contributed by atoms with Crippen LogP contribution in [-0.2, 0) is 4.79 Å². The van der Waals surface area contributed by atoms with Crippen LogP contribution in [0.2, 0.25) is 0 Å². The van der Waals surface area contributed by atoms with E-state index in [1.54, 1.807) is 12.1 Å². The molecule has 2 rings (SSSR count). The van der Waals surface area contributed by atoms with Gasteiger partial charge >= 0.3 is 0 Å². The zero-order valence-corrected chi connectivity index (χ0v) is 13.3. The molecule has 0 saturated heterocycles. The Morgan fingerprint density at radius 2 is 2.00 bits per heavy atom. The third-order valence-corrected chi connectivity index (χ3v) is 5.06. The molecule has 6 heteroatoms. The van der Waals surface area contributed by atoms with Gasteiger partial charge in [-0.25, -0.2) is 0 Å². The summed E-state index contributed by atoms with van der Waals surface area (Å²) in [6.45, 7) is 3.80. The van der Waals surface area contributed by atoms with Gasteiger partial charge in [0.25, 0.3) is 5.91 Å². The molecule has 1 saturated carbocycles. The number of carbonyl (C=O) groups is 2. The van der Waals surface area contributed by atoms with Crippen molar-refractivity contribution < 1.29 is 14.7 Å². The second-order valence-electron chi connectivity index (χ2n) is 5.53. The average molecular weight is 310 g/mol. The molecule has 0 unspecified atom stereocenters. The lowest BCUT2D eigenvalue weighted by Gasteiger charge is -2.30. The number of hydrogen-bond donors (Lipinski definition) is 3. The van der Waals surface area contributed by atoms with E-state index in [4.69, 9.17) is 0 Å². The van der Waals surface area contributed by atoms with Gasteiger partial charge < -0.3 is 15.7 Å². The van der Waals surface area contributed by atoms with Crippen molar-refractivity contribution in [1.82, 2.24) is 5.32 Å². The number of thiophene rings is 1. The highest BCUT2D eigenvalue weighted by Crippen LogP contribution is 2.31. The van der Waals surface area contributed by atoms with E-state index >= 15 is 0 Å². The maximum Gasteiger partial charge on any atom is 0.261 e. The molecule has 0 aromatic carbocycles. The summed E-state index contributed by atoms with van der Waals surface area (Å²) in [6, 6.07) is 3.45. The van der Waals surface area contributed by atoms with Gasteiger partial charge in [-0.2, -0.15) is 0 Å². The van der Waals surface area contributed by atoms with Gasteiger partial charge in [-0.1, -0.05) is 13.8 Å². The van der Waals surface area contributed by atoms with E-state index in [-0.39, 0.29) is 24.3 Å². The van der Waals surface area contributed by atoms with E-state index in [1.165, 1.54) is 11.3 Å². The van der Waals surface area contributed by atoms with Crippen molar-refractivity contribution in [3.05, 3.63) is 17.0 Å². The summed E-state index contributed by atoms with van der Waals surface area (Å²) in [6.07, 6.45) is 3.25. The highest BCUT2D eigenvalue weighted by molar-refractivity contribution is 7.18. The van der Waals surface area contributed by atoms with Crippen LogP contribution < -0.4 is 10.6 Å². The van der Waals surface area contributed by atoms with Crippen molar-refractivity contribution in [3.63, 3.8) is 0 Å². The predicted molar refractivity (Wildman–Crippen MR) is 83.5 cm³/mol. The minimum atomic E-state index is -0.571. The van der Waals surface area contributed by atoms with Crippen LogP contribution in [0.1, 0.15) is 49.2 Å². The number of anilines is 1. The molecular formula is C15H22N2O3S. The first-order valence-electron chi connectivity index (χ1n) is 7.37. The van der Waals surface area contributed by atoms with Gasteiger partial charge in [-0.05, 0) is 37.8 Å². The average Bonchev–Trinajstić information content (AvgIpc) is 3.25. The van der Waals surface area contributed by atoms with Crippen molar-refractivity contribution in [2.75, 3.05) is 11.9 Å². The third kappa shape index (κ3) is 3.83. The van der Waals surface area contributed by atoms with Gasteiger partial charge in [0.1, 0.15) is 0 Å². The second-order valence-corrected chi connectivity index (χ2v) is 6.61. The predicted octanol–water partition coefficient (Wildman–Crippen LogP) is 2.38. The van der Waals surface area contributed by atoms with Gasteiger partial charge in [0.05, 0.1) is 22.0 Å². The smallest absolute Gasteiger partial charge is 0.261 e. The molecule has 1 aromatic heterocycles. The molecule has 0 aliphatic heterocycles. The molecule has 1 aliphatic carbocycles. The highest BCUT2D eigenvalue weighted by atomic mass is 32.1. The molecule has 116 valence electrons. The first kappa shape index (κ1) is 16.0. The Kier molecular flexibility index (Phi) is 5.00. The molecule has 0 spiro atoms. The molecule has 1 aromatic rings. The minimum Gasteiger partial charge on any atom is -0.394 e. The molecule has 1 aliphatic rings. The molecule has 3 N–H and O–H groups in total. The first-order chi connectivity index (χ1) is 10.0. The van der Waals surface area contributed by atoms with E-state index < -0.39 is 5.54 Å². The van der Waals surface area contributed by atoms with Crippen LogP contribution in [0.25, 0.3) is 0 Å². The lowest BCUT2D eigenvalue weighted by Crippen LogP contribution is -2.50. The highest BCUT2D eigenvalue weighted by Gasteiger charge is 2.30. The largest absolute Gasteiger partial charge is 0.394 e. The van der Waals surface area contributed by atoms with Crippen LogP contribution in [0.3, 0.4) is 0 Å². The second kappa shape index (κ2) is 6.58. The summed E-state index contributed by atoms with van der Waals surface area (Å²) in [4.78, 5) is 24.5. The van der Waals surface area contributed by atoms with Crippen LogP contribution in [0.4, 0.5) is 5.00 Å². The van der Waals surface area contributed by atoms with Crippen molar-refractivity contribution in [2.24, 2.45) is 5.92 Å². The molecule has 5 nitrogen and oxygen atoms in total. The van der Waals surface area contributed by atoms with E-state index in [0.29, 0.717) is 22.7 Å². The minimum absolute atomic E-state index is 0.0376. The molecule has 1 heterocycles. The fourth-order valence-electron chi connectivity index (χ4n) is 2.09. The summed E-state index contributed by atoms with van der Waals surface area (Å²) >= 11 is 1.26. The van der Waals surface area contributed by atoms with Crippen molar-refractivity contribution in [2.45, 2.75) is 45.1 Å². The summed E-state index contributed by atoms with van der Waals surface area (Å²) in [5, 5.41) is 15.9. The molecule has 21 heavy (non-hydrogen) atoms. The first-order valence-corrected chi connectivity index (χ1v) is 8.19. The van der Waals surface area contributed by atoms with E-state index in [2.05, 4.69) is 10.6 Å². The van der Waals surface area contributed by atoms with Crippen LogP contribution in [0, 0.1) is 5.92 Å². The Hall–Kier alpha value is -1.40. The Labute approximate surface area is 128 Å². The lowest BCUT2D eigenvalue weighted by atomic mass is 9.94. The zero-order chi connectivity index (χ0) is 15.5. The fraction of sp³-hybridized carbons (Fsp3) is 0.600. The third-order valence-electron chi connectivity index (χ3n) is 4.06. The topological polar surface area (TPSA) is 78.4 Å². The van der Waals surface area contributed by atoms with E-state index in [0.717, 1.165) is 12.8 Å². The van der Waals surface area contributed by atoms with Crippen LogP contribution >= 0.6 is 11.3 Å². The Bertz CT molecular complexity index is 510. The Balaban J connectivity index is 1.99. The number of nitrogens with one attached hydrogen (secondary N) is 2. The molecule has 1 fully saturated rings. The fourth-order valence-corrected chi connectivity index (χ4v) is 2.89. The van der Waals surface area contributed by atoms with Gasteiger partial charge in [0.2, 0.25) is 5.91 Å². The molecule has 2 amide bonds. The number of rotatable bonds is 7. The summed E-state index contributed by atoms with van der Waals surface area (Å²) in [5.41, 5.74) is -0.571. The van der Waals surface area contributed by atoms with Crippen molar-refractivity contribution >= 4 is 28.2 Å². The SMILES string of the molecule is CCC(CC)(CO)NC(=O)c1ccc(NC(=O)C2CC2)s1. The van der Waals surface area contributed by atoms with E-state index in [9.17, 15) is 14.7 Å². The Morgan fingerprint density at radius 1 is 1.33 bits per heavy atom. The summed E-state index contributed by atoms with van der Waals surface area (Å²) < 4.78 is 0. The monoisotopic (exact) mass is 310 g/mol. The van der Waals surface area contributed by atoms with E-state index in [1.807, 2.05) is 13.8 Å². The van der Waals surface area contributed by atoms with Crippen LogP contribution in [0.15, 0.2) is 12.1 Å². The van der Waals surface area contributed by atoms with Crippen LogP contribution in [-0.4, -0.2) is 29.1 Å². The molecule has 0 radical (unpaired) electrons. The van der Waals surface area contributed by atoms with Crippen LogP contribution in [0.5, 0.6) is 0 Å². The Morgan fingerprint density at radius 3 is 2.52 bits per heavy atom. The van der Waals surface area contributed by atoms with Crippen molar-refractivity contribution in [3.8, 4) is 0 Å². The van der Waals surface area contributed by atoms with Gasteiger partial charge in [-0.15, -0.1) is 11.3 Å².